The molecule has 1 fully saturated rings. The number of nitrogens with two attached hydrogens (primary N) is 1. The summed E-state index contributed by atoms with van der Waals surface area (Å²) in [4.78, 5) is 4.71. The Balaban J connectivity index is 2.12. The zero-order valence-electron chi connectivity index (χ0n) is 10.9. The Labute approximate surface area is 107 Å². The molecule has 2 N–H and O–H groups in total. The summed E-state index contributed by atoms with van der Waals surface area (Å²) in [5.74, 6) is 1.14. The second kappa shape index (κ2) is 4.52. The molecule has 18 heavy (non-hydrogen) atoms. The Morgan fingerprint density at radius 3 is 2.72 bits per heavy atom. The molecule has 1 aliphatic heterocycles. The highest BCUT2D eigenvalue weighted by molar-refractivity contribution is 5.80. The topological polar surface area (TPSA) is 47.1 Å². The highest BCUT2D eigenvalue weighted by atomic mass is 15.6. The van der Waals surface area contributed by atoms with Gasteiger partial charge < -0.3 is 10.7 Å². The molecule has 2 aromatic rings. The highest BCUT2D eigenvalue weighted by Crippen LogP contribution is 2.21. The molecule has 0 aliphatic carbocycles. The summed E-state index contributed by atoms with van der Waals surface area (Å²) in [5.41, 5.74) is 8.82. The van der Waals surface area contributed by atoms with Gasteiger partial charge in [0, 0.05) is 25.2 Å². The van der Waals surface area contributed by atoms with Crippen LogP contribution in [0.2, 0.25) is 0 Å². The van der Waals surface area contributed by atoms with Crippen LogP contribution in [-0.2, 0) is 6.42 Å². The van der Waals surface area contributed by atoms with E-state index in [1.54, 1.807) is 0 Å². The molecule has 4 nitrogen and oxygen atoms in total. The van der Waals surface area contributed by atoms with Gasteiger partial charge >= 0.3 is 0 Å². The fourth-order valence-electron chi connectivity index (χ4n) is 2.76. The Kier molecular flexibility index (Phi) is 2.86. The van der Waals surface area contributed by atoms with Crippen molar-refractivity contribution >= 4 is 16.7 Å². The van der Waals surface area contributed by atoms with Gasteiger partial charge in [0.05, 0.1) is 11.0 Å². The number of piperidine rings is 1. The maximum absolute atomic E-state index is 5.84. The Bertz CT molecular complexity index is 552. The van der Waals surface area contributed by atoms with Crippen LogP contribution in [0.3, 0.4) is 0 Å². The smallest absolute Gasteiger partial charge is 0.128 e. The number of anilines is 1. The van der Waals surface area contributed by atoms with Gasteiger partial charge in [0.1, 0.15) is 5.82 Å². The molecule has 2 heterocycles. The summed E-state index contributed by atoms with van der Waals surface area (Å²) < 4.78 is 2.30. The molecular formula is C14H20N4. The molecule has 0 spiro atoms. The van der Waals surface area contributed by atoms with Crippen molar-refractivity contribution < 1.29 is 0 Å². The van der Waals surface area contributed by atoms with E-state index in [-0.39, 0.29) is 0 Å². The van der Waals surface area contributed by atoms with E-state index < -0.39 is 0 Å². The maximum atomic E-state index is 5.84. The molecule has 1 aromatic heterocycles. The average Bonchev–Trinajstić information content (AvgIpc) is 2.77. The number of aromatic nitrogens is 2. The summed E-state index contributed by atoms with van der Waals surface area (Å²) >= 11 is 0. The predicted octanol–water partition coefficient (Wildman–Crippen LogP) is 2.30. The Morgan fingerprint density at radius 2 is 2.00 bits per heavy atom. The van der Waals surface area contributed by atoms with Crippen molar-refractivity contribution in [2.75, 3.05) is 23.8 Å². The molecule has 1 aliphatic rings. The lowest BCUT2D eigenvalue weighted by molar-refractivity contribution is 0.476. The van der Waals surface area contributed by atoms with E-state index in [9.17, 15) is 0 Å². The summed E-state index contributed by atoms with van der Waals surface area (Å²) in [6, 6.07) is 6.02. The molecule has 1 saturated heterocycles. The standard InChI is InChI=1S/C14H20N4/c1-2-14-16-12-10-11(15)6-7-13(12)18(14)17-8-4-3-5-9-17/h6-7,10H,2-5,8-9,15H2,1H3. The normalized spacial score (nSPS) is 16.4. The summed E-state index contributed by atoms with van der Waals surface area (Å²) in [6.07, 6.45) is 4.85. The van der Waals surface area contributed by atoms with Crippen LogP contribution in [0.5, 0.6) is 0 Å². The summed E-state index contributed by atoms with van der Waals surface area (Å²) in [5, 5.41) is 2.42. The largest absolute Gasteiger partial charge is 0.399 e. The van der Waals surface area contributed by atoms with E-state index in [0.717, 1.165) is 36.5 Å². The zero-order chi connectivity index (χ0) is 12.5. The SMILES string of the molecule is CCc1nc2cc(N)ccc2n1N1CCCCC1. The number of rotatable bonds is 2. The van der Waals surface area contributed by atoms with Crippen molar-refractivity contribution in [3.63, 3.8) is 0 Å². The third-order valence-electron chi connectivity index (χ3n) is 3.65. The fraction of sp³-hybridized carbons (Fsp3) is 0.500. The van der Waals surface area contributed by atoms with Gasteiger partial charge in [-0.3, -0.25) is 0 Å². The number of aryl methyl sites for hydroxylation is 1. The first-order valence-electron chi connectivity index (χ1n) is 6.81. The molecule has 4 heteroatoms. The molecule has 0 amide bonds. The first-order valence-corrected chi connectivity index (χ1v) is 6.81. The van der Waals surface area contributed by atoms with Gasteiger partial charge in [0.2, 0.25) is 0 Å². The van der Waals surface area contributed by atoms with Gasteiger partial charge in [-0.15, -0.1) is 0 Å². The zero-order valence-corrected chi connectivity index (χ0v) is 10.9. The first kappa shape index (κ1) is 11.4. The van der Waals surface area contributed by atoms with Gasteiger partial charge in [0.15, 0.2) is 0 Å². The monoisotopic (exact) mass is 244 g/mol. The van der Waals surface area contributed by atoms with Crippen molar-refractivity contribution in [2.45, 2.75) is 32.6 Å². The third-order valence-corrected chi connectivity index (χ3v) is 3.65. The van der Waals surface area contributed by atoms with Gasteiger partial charge in [-0.25, -0.2) is 9.66 Å². The average molecular weight is 244 g/mol. The second-order valence-corrected chi connectivity index (χ2v) is 4.96. The molecule has 3 rings (SSSR count). The summed E-state index contributed by atoms with van der Waals surface area (Å²) in [7, 11) is 0. The Morgan fingerprint density at radius 1 is 1.22 bits per heavy atom. The van der Waals surface area contributed by atoms with Gasteiger partial charge in [-0.1, -0.05) is 6.92 Å². The molecule has 0 saturated carbocycles. The van der Waals surface area contributed by atoms with Crippen molar-refractivity contribution in [3.8, 4) is 0 Å². The molecule has 96 valence electrons. The van der Waals surface area contributed by atoms with Crippen LogP contribution in [0, 0.1) is 0 Å². The predicted molar refractivity (Wildman–Crippen MR) is 75.3 cm³/mol. The minimum absolute atomic E-state index is 0.786. The first-order chi connectivity index (χ1) is 8.79. The number of nitrogens with zero attached hydrogens (tertiary/aromatic N) is 3. The van der Waals surface area contributed by atoms with E-state index >= 15 is 0 Å². The number of fused-ring (bicyclic) bond motifs is 1. The van der Waals surface area contributed by atoms with Crippen LogP contribution >= 0.6 is 0 Å². The van der Waals surface area contributed by atoms with Gasteiger partial charge in [0.25, 0.3) is 0 Å². The minimum atomic E-state index is 0.786. The summed E-state index contributed by atoms with van der Waals surface area (Å²) in [6.45, 7) is 4.41. The lowest BCUT2D eigenvalue weighted by Gasteiger charge is -2.31. The lowest BCUT2D eigenvalue weighted by Crippen LogP contribution is -2.40. The van der Waals surface area contributed by atoms with Crippen LogP contribution in [-0.4, -0.2) is 22.7 Å². The number of nitrogen functional groups attached to an aromatic ring is 1. The van der Waals surface area contributed by atoms with E-state index in [2.05, 4.69) is 22.7 Å². The molecule has 0 atom stereocenters. The third kappa shape index (κ3) is 1.82. The molecule has 0 bridgehead atoms. The number of imidazole rings is 1. The fourth-order valence-corrected chi connectivity index (χ4v) is 2.76. The molecule has 0 radical (unpaired) electrons. The molecular weight excluding hydrogens is 224 g/mol. The second-order valence-electron chi connectivity index (χ2n) is 4.96. The van der Waals surface area contributed by atoms with Crippen LogP contribution in [0.4, 0.5) is 5.69 Å². The number of hydrogen-bond acceptors (Lipinski definition) is 3. The van der Waals surface area contributed by atoms with E-state index in [4.69, 9.17) is 10.7 Å². The van der Waals surface area contributed by atoms with Crippen molar-refractivity contribution in [1.82, 2.24) is 9.66 Å². The van der Waals surface area contributed by atoms with Crippen LogP contribution in [0.1, 0.15) is 32.0 Å². The van der Waals surface area contributed by atoms with Crippen molar-refractivity contribution in [2.24, 2.45) is 0 Å². The van der Waals surface area contributed by atoms with E-state index in [1.165, 1.54) is 24.8 Å². The van der Waals surface area contributed by atoms with E-state index in [1.807, 2.05) is 12.1 Å². The van der Waals surface area contributed by atoms with Gasteiger partial charge in [-0.05, 0) is 37.5 Å². The lowest BCUT2D eigenvalue weighted by atomic mass is 10.2. The number of hydrogen-bond donors (Lipinski definition) is 1. The molecule has 0 unspecified atom stereocenters. The van der Waals surface area contributed by atoms with Crippen LogP contribution in [0.15, 0.2) is 18.2 Å². The maximum Gasteiger partial charge on any atom is 0.128 e. The van der Waals surface area contributed by atoms with E-state index in [0.29, 0.717) is 0 Å². The van der Waals surface area contributed by atoms with Crippen molar-refractivity contribution in [3.05, 3.63) is 24.0 Å². The van der Waals surface area contributed by atoms with Crippen molar-refractivity contribution in [1.29, 1.82) is 0 Å². The van der Waals surface area contributed by atoms with Crippen LogP contribution < -0.4 is 10.7 Å². The van der Waals surface area contributed by atoms with Crippen LogP contribution in [0.25, 0.3) is 11.0 Å². The minimum Gasteiger partial charge on any atom is -0.399 e. The molecule has 1 aromatic carbocycles. The Hall–Kier alpha value is -1.71. The number of benzene rings is 1. The van der Waals surface area contributed by atoms with Gasteiger partial charge in [-0.2, -0.15) is 0 Å². The highest BCUT2D eigenvalue weighted by Gasteiger charge is 2.17. The quantitative estimate of drug-likeness (QED) is 0.825.